The van der Waals surface area contributed by atoms with Crippen LogP contribution in [0.25, 0.3) is 6.08 Å². The summed E-state index contributed by atoms with van der Waals surface area (Å²) in [5.41, 5.74) is 1.42. The van der Waals surface area contributed by atoms with Crippen LogP contribution in [0.2, 0.25) is 0 Å². The molecular formula is C20H26N4O2S. The second-order valence-electron chi connectivity index (χ2n) is 5.90. The predicted molar refractivity (Wildman–Crippen MR) is 111 cm³/mol. The Morgan fingerprint density at radius 1 is 1.19 bits per heavy atom. The Labute approximate surface area is 164 Å². The number of hydrogen-bond donors (Lipinski definition) is 1. The molecule has 0 unspecified atom stereocenters. The molecule has 0 aliphatic rings. The number of benzene rings is 1. The standard InChI is InChI=1S/C20H26N4O2S/c1-4-23(5-2)14-13-21-19(26)12-11-17-15-27-20(22-17)24(16(3)25)18-9-7-6-8-10-18/h6-12,15H,4-5,13-14H2,1-3H3,(H,21,26). The minimum absolute atomic E-state index is 0.111. The van der Waals surface area contributed by atoms with Gasteiger partial charge in [-0.25, -0.2) is 4.98 Å². The molecule has 144 valence electrons. The van der Waals surface area contributed by atoms with Crippen molar-refractivity contribution in [1.82, 2.24) is 15.2 Å². The molecule has 1 N–H and O–H groups in total. The Balaban J connectivity index is 1.97. The zero-order valence-corrected chi connectivity index (χ0v) is 16.8. The molecule has 6 nitrogen and oxygen atoms in total. The number of nitrogens with zero attached hydrogens (tertiary/aromatic N) is 3. The highest BCUT2D eigenvalue weighted by atomic mass is 32.1. The van der Waals surface area contributed by atoms with Gasteiger partial charge in [0.2, 0.25) is 11.8 Å². The molecule has 0 saturated heterocycles. The van der Waals surface area contributed by atoms with Gasteiger partial charge in [-0.05, 0) is 31.3 Å². The number of nitrogens with one attached hydrogen (secondary N) is 1. The number of carbonyl (C=O) groups excluding carboxylic acids is 2. The van der Waals surface area contributed by atoms with Crippen LogP contribution >= 0.6 is 11.3 Å². The molecule has 0 bridgehead atoms. The lowest BCUT2D eigenvalue weighted by Gasteiger charge is -2.17. The van der Waals surface area contributed by atoms with Gasteiger partial charge in [0.25, 0.3) is 0 Å². The molecule has 2 amide bonds. The van der Waals surface area contributed by atoms with Crippen LogP contribution in [-0.2, 0) is 9.59 Å². The fourth-order valence-electron chi connectivity index (χ4n) is 2.56. The normalized spacial score (nSPS) is 11.1. The Bertz CT molecular complexity index is 769. The number of hydrogen-bond acceptors (Lipinski definition) is 5. The number of para-hydroxylation sites is 1. The van der Waals surface area contributed by atoms with Gasteiger partial charge in [-0.15, -0.1) is 11.3 Å². The van der Waals surface area contributed by atoms with Crippen LogP contribution < -0.4 is 10.2 Å². The summed E-state index contributed by atoms with van der Waals surface area (Å²) in [5.74, 6) is -0.261. The van der Waals surface area contributed by atoms with E-state index in [0.29, 0.717) is 17.4 Å². The van der Waals surface area contributed by atoms with Crippen LogP contribution in [0.15, 0.2) is 41.8 Å². The van der Waals surface area contributed by atoms with E-state index in [1.165, 1.54) is 24.3 Å². The molecule has 0 aliphatic carbocycles. The molecule has 27 heavy (non-hydrogen) atoms. The molecule has 0 saturated carbocycles. The second kappa shape index (κ2) is 10.6. The first-order chi connectivity index (χ1) is 13.0. The summed E-state index contributed by atoms with van der Waals surface area (Å²) < 4.78 is 0. The van der Waals surface area contributed by atoms with E-state index in [1.807, 2.05) is 35.7 Å². The van der Waals surface area contributed by atoms with Gasteiger partial charge in [0, 0.05) is 31.5 Å². The van der Waals surface area contributed by atoms with E-state index in [0.717, 1.165) is 25.3 Å². The minimum Gasteiger partial charge on any atom is -0.351 e. The Kier molecular flexibility index (Phi) is 8.16. The lowest BCUT2D eigenvalue weighted by atomic mass is 10.3. The molecule has 1 heterocycles. The van der Waals surface area contributed by atoms with Crippen LogP contribution in [0.3, 0.4) is 0 Å². The lowest BCUT2D eigenvalue weighted by molar-refractivity contribution is -0.117. The summed E-state index contributed by atoms with van der Waals surface area (Å²) in [6, 6.07) is 9.38. The van der Waals surface area contributed by atoms with Gasteiger partial charge in [0.15, 0.2) is 5.13 Å². The average molecular weight is 387 g/mol. The summed E-state index contributed by atoms with van der Waals surface area (Å²) >= 11 is 1.36. The molecule has 2 aromatic rings. The number of rotatable bonds is 9. The van der Waals surface area contributed by atoms with E-state index in [1.54, 1.807) is 11.0 Å². The fraction of sp³-hybridized carbons (Fsp3) is 0.350. The monoisotopic (exact) mass is 386 g/mol. The molecule has 0 spiro atoms. The van der Waals surface area contributed by atoms with Crippen molar-refractivity contribution in [3.8, 4) is 0 Å². The first kappa shape index (κ1) is 20.8. The van der Waals surface area contributed by atoms with Gasteiger partial charge < -0.3 is 10.2 Å². The third-order valence-electron chi connectivity index (χ3n) is 4.06. The molecule has 2 rings (SSSR count). The largest absolute Gasteiger partial charge is 0.351 e. The summed E-state index contributed by atoms with van der Waals surface area (Å²) in [7, 11) is 0. The van der Waals surface area contributed by atoms with Crippen molar-refractivity contribution in [2.75, 3.05) is 31.1 Å². The van der Waals surface area contributed by atoms with Gasteiger partial charge in [-0.2, -0.15) is 0 Å². The van der Waals surface area contributed by atoms with E-state index in [2.05, 4.69) is 29.0 Å². The van der Waals surface area contributed by atoms with E-state index in [-0.39, 0.29) is 11.8 Å². The summed E-state index contributed by atoms with van der Waals surface area (Å²) in [4.78, 5) is 32.3. The van der Waals surface area contributed by atoms with E-state index in [9.17, 15) is 9.59 Å². The van der Waals surface area contributed by atoms with Gasteiger partial charge in [-0.3, -0.25) is 14.5 Å². The highest BCUT2D eigenvalue weighted by molar-refractivity contribution is 7.14. The van der Waals surface area contributed by atoms with Crippen molar-refractivity contribution in [3.63, 3.8) is 0 Å². The second-order valence-corrected chi connectivity index (χ2v) is 6.73. The van der Waals surface area contributed by atoms with E-state index in [4.69, 9.17) is 0 Å². The van der Waals surface area contributed by atoms with Crippen LogP contribution in [0, 0.1) is 0 Å². The highest BCUT2D eigenvalue weighted by Gasteiger charge is 2.17. The minimum atomic E-state index is -0.150. The van der Waals surface area contributed by atoms with Gasteiger partial charge >= 0.3 is 0 Å². The van der Waals surface area contributed by atoms with Gasteiger partial charge in [0.05, 0.1) is 11.4 Å². The summed E-state index contributed by atoms with van der Waals surface area (Å²) in [6.07, 6.45) is 3.14. The van der Waals surface area contributed by atoms with E-state index < -0.39 is 0 Å². The molecular weight excluding hydrogens is 360 g/mol. The van der Waals surface area contributed by atoms with Crippen molar-refractivity contribution < 1.29 is 9.59 Å². The quantitative estimate of drug-likeness (QED) is 0.672. The number of thiazole rings is 1. The number of carbonyl (C=O) groups is 2. The van der Waals surface area contributed by atoms with Gasteiger partial charge in [-0.1, -0.05) is 32.0 Å². The molecule has 0 fully saturated rings. The molecule has 1 aromatic carbocycles. The molecule has 0 aliphatic heterocycles. The maximum Gasteiger partial charge on any atom is 0.244 e. The molecule has 1 aromatic heterocycles. The Morgan fingerprint density at radius 3 is 2.52 bits per heavy atom. The predicted octanol–water partition coefficient (Wildman–Crippen LogP) is 3.30. The van der Waals surface area contributed by atoms with Crippen molar-refractivity contribution in [1.29, 1.82) is 0 Å². The Hall–Kier alpha value is -2.51. The zero-order chi connectivity index (χ0) is 19.6. The Morgan fingerprint density at radius 2 is 1.89 bits per heavy atom. The molecule has 0 radical (unpaired) electrons. The fourth-order valence-corrected chi connectivity index (χ4v) is 3.41. The van der Waals surface area contributed by atoms with Crippen LogP contribution in [-0.4, -0.2) is 47.9 Å². The number of likely N-dealkylation sites (N-methyl/N-ethyl adjacent to an activating group) is 1. The smallest absolute Gasteiger partial charge is 0.244 e. The lowest BCUT2D eigenvalue weighted by Crippen LogP contribution is -2.34. The topological polar surface area (TPSA) is 65.5 Å². The summed E-state index contributed by atoms with van der Waals surface area (Å²) in [6.45, 7) is 9.09. The van der Waals surface area contributed by atoms with Crippen molar-refractivity contribution in [2.24, 2.45) is 0 Å². The summed E-state index contributed by atoms with van der Waals surface area (Å²) in [5, 5.41) is 5.28. The van der Waals surface area contributed by atoms with Gasteiger partial charge in [0.1, 0.15) is 0 Å². The third kappa shape index (κ3) is 6.30. The first-order valence-corrected chi connectivity index (χ1v) is 9.92. The van der Waals surface area contributed by atoms with Crippen molar-refractivity contribution in [3.05, 3.63) is 47.5 Å². The zero-order valence-electron chi connectivity index (χ0n) is 16.0. The average Bonchev–Trinajstić information content (AvgIpc) is 3.12. The van der Waals surface area contributed by atoms with Crippen molar-refractivity contribution in [2.45, 2.75) is 20.8 Å². The third-order valence-corrected chi connectivity index (χ3v) is 4.90. The number of anilines is 2. The molecule has 0 atom stereocenters. The maximum atomic E-state index is 12.0. The number of aromatic nitrogens is 1. The van der Waals surface area contributed by atoms with Crippen LogP contribution in [0.5, 0.6) is 0 Å². The van der Waals surface area contributed by atoms with Crippen LogP contribution in [0.1, 0.15) is 26.5 Å². The number of amides is 2. The van der Waals surface area contributed by atoms with E-state index >= 15 is 0 Å². The van der Waals surface area contributed by atoms with Crippen molar-refractivity contribution >= 4 is 40.0 Å². The first-order valence-electron chi connectivity index (χ1n) is 9.04. The maximum absolute atomic E-state index is 12.0. The highest BCUT2D eigenvalue weighted by Crippen LogP contribution is 2.28. The van der Waals surface area contributed by atoms with Crippen LogP contribution in [0.4, 0.5) is 10.8 Å². The molecule has 7 heteroatoms. The SMILES string of the molecule is CCN(CC)CCNC(=O)C=Cc1csc(N(C(C)=O)c2ccccc2)n1.